The summed E-state index contributed by atoms with van der Waals surface area (Å²) in [5, 5.41) is -0.00595. The fourth-order valence-electron chi connectivity index (χ4n) is 2.09. The molecule has 0 saturated carbocycles. The van der Waals surface area contributed by atoms with Crippen molar-refractivity contribution < 1.29 is 14.3 Å². The maximum Gasteiger partial charge on any atom is 0.338 e. The number of benzene rings is 1. The zero-order valence-corrected chi connectivity index (χ0v) is 11.1. The molecule has 96 valence electrons. The Morgan fingerprint density at radius 2 is 2.06 bits per heavy atom. The molecule has 1 aromatic rings. The number of carbonyl (C=O) groups is 2. The topological polar surface area (TPSA) is 43.4 Å². The molecule has 1 saturated heterocycles. The summed E-state index contributed by atoms with van der Waals surface area (Å²) in [5.41, 5.74) is 0.558. The van der Waals surface area contributed by atoms with Crippen LogP contribution in [0.25, 0.3) is 0 Å². The SMILES string of the molecule is CC(=O)C1SCCC1COC(=O)c1ccccc1. The highest BCUT2D eigenvalue weighted by Crippen LogP contribution is 2.33. The number of hydrogen-bond acceptors (Lipinski definition) is 4. The summed E-state index contributed by atoms with van der Waals surface area (Å²) < 4.78 is 5.29. The third-order valence-electron chi connectivity index (χ3n) is 3.05. The Balaban J connectivity index is 1.88. The highest BCUT2D eigenvalue weighted by molar-refractivity contribution is 8.00. The molecular formula is C14H16O3S. The van der Waals surface area contributed by atoms with Gasteiger partial charge in [-0.05, 0) is 31.2 Å². The minimum Gasteiger partial charge on any atom is -0.462 e. The van der Waals surface area contributed by atoms with Crippen LogP contribution in [-0.2, 0) is 9.53 Å². The molecule has 1 fully saturated rings. The first-order valence-corrected chi connectivity index (χ1v) is 7.07. The molecule has 1 aliphatic rings. The molecule has 2 atom stereocenters. The molecule has 0 amide bonds. The Hall–Kier alpha value is -1.29. The lowest BCUT2D eigenvalue weighted by Gasteiger charge is -2.15. The van der Waals surface area contributed by atoms with Crippen LogP contribution in [0.2, 0.25) is 0 Å². The van der Waals surface area contributed by atoms with Crippen molar-refractivity contribution in [1.82, 2.24) is 0 Å². The van der Waals surface area contributed by atoms with Gasteiger partial charge in [0.2, 0.25) is 0 Å². The quantitative estimate of drug-likeness (QED) is 0.784. The molecule has 1 heterocycles. The van der Waals surface area contributed by atoms with Gasteiger partial charge in [-0.2, -0.15) is 11.8 Å². The van der Waals surface area contributed by atoms with Gasteiger partial charge in [0.25, 0.3) is 0 Å². The lowest BCUT2D eigenvalue weighted by molar-refractivity contribution is -0.117. The molecule has 1 aromatic carbocycles. The average molecular weight is 264 g/mol. The Labute approximate surface area is 111 Å². The van der Waals surface area contributed by atoms with Crippen LogP contribution in [0.15, 0.2) is 30.3 Å². The number of thioether (sulfide) groups is 1. The molecule has 18 heavy (non-hydrogen) atoms. The van der Waals surface area contributed by atoms with Gasteiger partial charge in [-0.3, -0.25) is 4.79 Å². The van der Waals surface area contributed by atoms with E-state index >= 15 is 0 Å². The van der Waals surface area contributed by atoms with Crippen molar-refractivity contribution in [2.24, 2.45) is 5.92 Å². The van der Waals surface area contributed by atoms with Crippen molar-refractivity contribution in [3.05, 3.63) is 35.9 Å². The number of carbonyl (C=O) groups excluding carboxylic acids is 2. The lowest BCUT2D eigenvalue weighted by atomic mass is 10.0. The molecule has 0 radical (unpaired) electrons. The number of rotatable bonds is 4. The molecular weight excluding hydrogens is 248 g/mol. The van der Waals surface area contributed by atoms with Gasteiger partial charge in [-0.15, -0.1) is 0 Å². The van der Waals surface area contributed by atoms with E-state index in [1.165, 1.54) is 0 Å². The highest BCUT2D eigenvalue weighted by atomic mass is 32.2. The van der Waals surface area contributed by atoms with E-state index in [2.05, 4.69) is 0 Å². The molecule has 4 heteroatoms. The molecule has 0 aliphatic carbocycles. The zero-order chi connectivity index (χ0) is 13.0. The van der Waals surface area contributed by atoms with Crippen LogP contribution in [0.3, 0.4) is 0 Å². The minimum absolute atomic E-state index is 0.00595. The first kappa shape index (κ1) is 13.1. The van der Waals surface area contributed by atoms with Crippen LogP contribution in [0.1, 0.15) is 23.7 Å². The molecule has 2 unspecified atom stereocenters. The summed E-state index contributed by atoms with van der Waals surface area (Å²) in [6, 6.07) is 8.93. The fraction of sp³-hybridized carbons (Fsp3) is 0.429. The molecule has 0 bridgehead atoms. The van der Waals surface area contributed by atoms with Gasteiger partial charge in [-0.1, -0.05) is 18.2 Å². The average Bonchev–Trinajstić information content (AvgIpc) is 2.85. The van der Waals surface area contributed by atoms with Crippen molar-refractivity contribution in [1.29, 1.82) is 0 Å². The molecule has 1 aliphatic heterocycles. The summed E-state index contributed by atoms with van der Waals surface area (Å²) in [4.78, 5) is 23.2. The van der Waals surface area contributed by atoms with E-state index in [0.717, 1.165) is 12.2 Å². The molecule has 0 N–H and O–H groups in total. The van der Waals surface area contributed by atoms with Gasteiger partial charge < -0.3 is 4.74 Å². The Morgan fingerprint density at radius 1 is 1.33 bits per heavy atom. The van der Waals surface area contributed by atoms with Crippen LogP contribution < -0.4 is 0 Å². The summed E-state index contributed by atoms with van der Waals surface area (Å²) in [6.07, 6.45) is 0.941. The van der Waals surface area contributed by atoms with Gasteiger partial charge in [0.15, 0.2) is 0 Å². The van der Waals surface area contributed by atoms with E-state index in [4.69, 9.17) is 4.74 Å². The summed E-state index contributed by atoms with van der Waals surface area (Å²) in [6.45, 7) is 1.94. The van der Waals surface area contributed by atoms with E-state index < -0.39 is 0 Å². The van der Waals surface area contributed by atoms with Crippen molar-refractivity contribution >= 4 is 23.5 Å². The largest absolute Gasteiger partial charge is 0.462 e. The van der Waals surface area contributed by atoms with Gasteiger partial charge in [0.05, 0.1) is 17.4 Å². The van der Waals surface area contributed by atoms with Crippen LogP contribution in [0, 0.1) is 5.92 Å². The predicted octanol–water partition coefficient (Wildman–Crippen LogP) is 2.55. The Morgan fingerprint density at radius 3 is 2.72 bits per heavy atom. The van der Waals surface area contributed by atoms with Crippen molar-refractivity contribution in [3.63, 3.8) is 0 Å². The van der Waals surface area contributed by atoms with Crippen LogP contribution in [0.5, 0.6) is 0 Å². The van der Waals surface area contributed by atoms with Gasteiger partial charge in [0.1, 0.15) is 5.78 Å². The molecule has 0 aromatic heterocycles. The first-order chi connectivity index (χ1) is 8.68. The van der Waals surface area contributed by atoms with Crippen molar-refractivity contribution in [2.75, 3.05) is 12.4 Å². The number of ketones is 1. The monoisotopic (exact) mass is 264 g/mol. The second-order valence-corrected chi connectivity index (χ2v) is 5.66. The molecule has 2 rings (SSSR count). The highest BCUT2D eigenvalue weighted by Gasteiger charge is 2.32. The Bertz CT molecular complexity index is 430. The Kier molecular flexibility index (Phi) is 4.42. The van der Waals surface area contributed by atoms with Crippen LogP contribution in [-0.4, -0.2) is 29.4 Å². The molecule has 0 spiro atoms. The van der Waals surface area contributed by atoms with Crippen LogP contribution >= 0.6 is 11.8 Å². The van der Waals surface area contributed by atoms with Gasteiger partial charge in [0, 0.05) is 5.92 Å². The normalized spacial score (nSPS) is 22.7. The first-order valence-electron chi connectivity index (χ1n) is 6.02. The minimum atomic E-state index is -0.310. The van der Waals surface area contributed by atoms with Crippen LogP contribution in [0.4, 0.5) is 0 Å². The van der Waals surface area contributed by atoms with E-state index in [1.54, 1.807) is 43.0 Å². The van der Waals surface area contributed by atoms with Crippen molar-refractivity contribution in [3.8, 4) is 0 Å². The second-order valence-electron chi connectivity index (χ2n) is 4.42. The lowest BCUT2D eigenvalue weighted by Crippen LogP contribution is -2.25. The fourth-order valence-corrected chi connectivity index (χ4v) is 3.51. The maximum absolute atomic E-state index is 11.8. The smallest absolute Gasteiger partial charge is 0.338 e. The summed E-state index contributed by atoms with van der Waals surface area (Å²) in [7, 11) is 0. The summed E-state index contributed by atoms with van der Waals surface area (Å²) >= 11 is 1.67. The molecule has 3 nitrogen and oxygen atoms in total. The standard InChI is InChI=1S/C14H16O3S/c1-10(15)13-12(7-8-18-13)9-17-14(16)11-5-3-2-4-6-11/h2-6,12-13H,7-9H2,1H3. The number of hydrogen-bond donors (Lipinski definition) is 0. The number of Topliss-reactive ketones (excluding diaryl/α,β-unsaturated/α-hetero) is 1. The second kappa shape index (κ2) is 6.05. The van der Waals surface area contributed by atoms with E-state index in [1.807, 2.05) is 6.07 Å². The third-order valence-corrected chi connectivity index (χ3v) is 4.60. The van der Waals surface area contributed by atoms with E-state index in [9.17, 15) is 9.59 Å². The van der Waals surface area contributed by atoms with Gasteiger partial charge in [-0.25, -0.2) is 4.79 Å². The third kappa shape index (κ3) is 3.13. The number of ether oxygens (including phenoxy) is 1. The summed E-state index contributed by atoms with van der Waals surface area (Å²) in [5.74, 6) is 1.01. The number of esters is 1. The van der Waals surface area contributed by atoms with Gasteiger partial charge >= 0.3 is 5.97 Å². The van der Waals surface area contributed by atoms with E-state index in [0.29, 0.717) is 12.2 Å². The maximum atomic E-state index is 11.8. The van der Waals surface area contributed by atoms with E-state index in [-0.39, 0.29) is 22.9 Å². The zero-order valence-electron chi connectivity index (χ0n) is 10.3. The van der Waals surface area contributed by atoms with Crippen molar-refractivity contribution in [2.45, 2.75) is 18.6 Å². The predicted molar refractivity (Wildman–Crippen MR) is 71.8 cm³/mol.